The minimum atomic E-state index is -1.34. The molecule has 1 aromatic heterocycles. The minimum Gasteiger partial charge on any atom is -0.477 e. The van der Waals surface area contributed by atoms with E-state index in [9.17, 15) is 14.7 Å². The SMILES string of the molecule is CNc1c(F)c(N2CCC(N)C2)c(Cl)c2c1c(=O)c(C(=O)O)cn2C1CC1. The van der Waals surface area contributed by atoms with Crippen molar-refractivity contribution in [3.05, 3.63) is 32.8 Å². The number of rotatable bonds is 4. The zero-order chi connectivity index (χ0) is 19.5. The second kappa shape index (κ2) is 6.38. The smallest absolute Gasteiger partial charge is 0.341 e. The van der Waals surface area contributed by atoms with Crippen LogP contribution in [0.4, 0.5) is 15.8 Å². The van der Waals surface area contributed by atoms with Crippen molar-refractivity contribution in [3.8, 4) is 0 Å². The molecule has 0 amide bonds. The lowest BCUT2D eigenvalue weighted by Crippen LogP contribution is -2.28. The molecular formula is C18H20ClFN4O3. The summed E-state index contributed by atoms with van der Waals surface area (Å²) in [6.07, 6.45) is 3.75. The van der Waals surface area contributed by atoms with Crippen molar-refractivity contribution in [2.45, 2.75) is 31.3 Å². The van der Waals surface area contributed by atoms with Crippen molar-refractivity contribution in [3.63, 3.8) is 0 Å². The van der Waals surface area contributed by atoms with Gasteiger partial charge in [-0.1, -0.05) is 11.6 Å². The average Bonchev–Trinajstić information content (AvgIpc) is 3.37. The molecule has 144 valence electrons. The van der Waals surface area contributed by atoms with Gasteiger partial charge in [0.15, 0.2) is 5.82 Å². The Bertz CT molecular complexity index is 1020. The van der Waals surface area contributed by atoms with Crippen LogP contribution in [-0.4, -0.2) is 41.8 Å². The topological polar surface area (TPSA) is 101 Å². The third-order valence-electron chi connectivity index (χ3n) is 5.29. The van der Waals surface area contributed by atoms with Gasteiger partial charge in [0, 0.05) is 38.4 Å². The number of pyridine rings is 1. The van der Waals surface area contributed by atoms with Crippen LogP contribution >= 0.6 is 11.6 Å². The number of anilines is 2. The first-order chi connectivity index (χ1) is 12.8. The van der Waals surface area contributed by atoms with E-state index in [1.165, 1.54) is 13.2 Å². The van der Waals surface area contributed by atoms with E-state index in [0.717, 1.165) is 19.3 Å². The second-order valence-corrected chi connectivity index (χ2v) is 7.51. The zero-order valence-electron chi connectivity index (χ0n) is 14.8. The fourth-order valence-corrected chi connectivity index (χ4v) is 4.22. The van der Waals surface area contributed by atoms with Crippen LogP contribution < -0.4 is 21.4 Å². The minimum absolute atomic E-state index is 0.0287. The van der Waals surface area contributed by atoms with Crippen molar-refractivity contribution in [1.29, 1.82) is 0 Å². The number of aromatic nitrogens is 1. The normalized spacial score (nSPS) is 19.7. The summed E-state index contributed by atoms with van der Waals surface area (Å²) in [6, 6.07) is -0.0261. The lowest BCUT2D eigenvalue weighted by atomic mass is 10.1. The number of nitrogens with two attached hydrogens (primary N) is 1. The molecule has 1 saturated carbocycles. The summed E-state index contributed by atoms with van der Waals surface area (Å²) in [6.45, 7) is 1.03. The maximum absolute atomic E-state index is 15.4. The van der Waals surface area contributed by atoms with Gasteiger partial charge in [-0.05, 0) is 19.3 Å². The van der Waals surface area contributed by atoms with E-state index in [0.29, 0.717) is 18.6 Å². The third-order valence-corrected chi connectivity index (χ3v) is 5.65. The summed E-state index contributed by atoms with van der Waals surface area (Å²) in [7, 11) is 1.50. The molecule has 0 radical (unpaired) electrons. The Balaban J connectivity index is 2.12. The summed E-state index contributed by atoms with van der Waals surface area (Å²) < 4.78 is 17.1. The fraction of sp³-hybridized carbons (Fsp3) is 0.444. The van der Waals surface area contributed by atoms with Crippen LogP contribution in [0.1, 0.15) is 35.7 Å². The standard InChI is InChI=1S/C18H20ClFN4O3/c1-22-14-11-15(12(19)16(13(14)20)23-5-4-8(21)6-23)24(9-2-3-9)7-10(17(11)25)18(26)27/h7-9,22H,2-6,21H2,1H3,(H,26,27). The number of benzene rings is 1. The number of carbonyl (C=O) groups is 1. The summed E-state index contributed by atoms with van der Waals surface area (Å²) >= 11 is 6.63. The Morgan fingerprint density at radius 2 is 2.11 bits per heavy atom. The predicted octanol–water partition coefficient (Wildman–Crippen LogP) is 2.41. The summed E-state index contributed by atoms with van der Waals surface area (Å²) in [5.74, 6) is -2.00. The molecule has 9 heteroatoms. The van der Waals surface area contributed by atoms with E-state index in [2.05, 4.69) is 5.32 Å². The molecule has 0 spiro atoms. The number of nitrogens with one attached hydrogen (secondary N) is 1. The van der Waals surface area contributed by atoms with Crippen LogP contribution in [0, 0.1) is 5.82 Å². The van der Waals surface area contributed by atoms with Crippen LogP contribution in [0.25, 0.3) is 10.9 Å². The van der Waals surface area contributed by atoms with Crippen molar-refractivity contribution >= 4 is 39.8 Å². The zero-order valence-corrected chi connectivity index (χ0v) is 15.5. The van der Waals surface area contributed by atoms with E-state index in [-0.39, 0.29) is 33.9 Å². The van der Waals surface area contributed by atoms with Gasteiger partial charge in [0.1, 0.15) is 5.56 Å². The molecule has 1 aromatic carbocycles. The highest BCUT2D eigenvalue weighted by Crippen LogP contribution is 2.45. The van der Waals surface area contributed by atoms with Crippen molar-refractivity contribution in [1.82, 2.24) is 4.57 Å². The molecule has 1 unspecified atom stereocenters. The van der Waals surface area contributed by atoms with Gasteiger partial charge < -0.3 is 25.6 Å². The van der Waals surface area contributed by atoms with Gasteiger partial charge in [0.05, 0.1) is 27.3 Å². The van der Waals surface area contributed by atoms with E-state index in [1.54, 1.807) is 9.47 Å². The molecule has 2 fully saturated rings. The molecule has 1 aliphatic heterocycles. The second-order valence-electron chi connectivity index (χ2n) is 7.14. The Hall–Kier alpha value is -2.32. The van der Waals surface area contributed by atoms with Crippen LogP contribution in [0.15, 0.2) is 11.0 Å². The van der Waals surface area contributed by atoms with Crippen LogP contribution in [0.5, 0.6) is 0 Å². The molecule has 2 heterocycles. The molecule has 0 bridgehead atoms. The average molecular weight is 395 g/mol. The third kappa shape index (κ3) is 2.74. The largest absolute Gasteiger partial charge is 0.477 e. The highest BCUT2D eigenvalue weighted by molar-refractivity contribution is 6.38. The molecule has 2 aliphatic rings. The number of carboxylic acids is 1. The molecule has 2 aromatic rings. The van der Waals surface area contributed by atoms with Crippen molar-refractivity contribution in [2.24, 2.45) is 5.73 Å². The summed E-state index contributed by atoms with van der Waals surface area (Å²) in [5.41, 5.74) is 5.37. The maximum atomic E-state index is 15.4. The molecular weight excluding hydrogens is 375 g/mol. The van der Waals surface area contributed by atoms with Crippen LogP contribution in [0.2, 0.25) is 5.02 Å². The first-order valence-corrected chi connectivity index (χ1v) is 9.24. The molecule has 4 N–H and O–H groups in total. The highest BCUT2D eigenvalue weighted by Gasteiger charge is 2.33. The molecule has 1 saturated heterocycles. The van der Waals surface area contributed by atoms with Gasteiger partial charge >= 0.3 is 5.97 Å². The molecule has 7 nitrogen and oxygen atoms in total. The maximum Gasteiger partial charge on any atom is 0.341 e. The monoisotopic (exact) mass is 394 g/mol. The van der Waals surface area contributed by atoms with E-state index in [1.807, 2.05) is 0 Å². The number of fused-ring (bicyclic) bond motifs is 1. The Kier molecular flexibility index (Phi) is 4.27. The Labute approximate surface area is 159 Å². The van der Waals surface area contributed by atoms with E-state index >= 15 is 4.39 Å². The van der Waals surface area contributed by atoms with E-state index in [4.69, 9.17) is 17.3 Å². The summed E-state index contributed by atoms with van der Waals surface area (Å²) in [4.78, 5) is 26.2. The van der Waals surface area contributed by atoms with Gasteiger partial charge in [0.2, 0.25) is 5.43 Å². The number of carboxylic acid groups (broad SMARTS) is 1. The number of hydrogen-bond acceptors (Lipinski definition) is 5. The van der Waals surface area contributed by atoms with Crippen molar-refractivity contribution < 1.29 is 14.3 Å². The van der Waals surface area contributed by atoms with Gasteiger partial charge in [-0.3, -0.25) is 4.79 Å². The van der Waals surface area contributed by atoms with E-state index < -0.39 is 22.8 Å². The highest BCUT2D eigenvalue weighted by atomic mass is 35.5. The van der Waals surface area contributed by atoms with Crippen LogP contribution in [0.3, 0.4) is 0 Å². The fourth-order valence-electron chi connectivity index (χ4n) is 3.82. The van der Waals surface area contributed by atoms with Gasteiger partial charge in [-0.25, -0.2) is 9.18 Å². The first kappa shape index (κ1) is 18.1. The number of hydrogen-bond donors (Lipinski definition) is 3. The van der Waals surface area contributed by atoms with Gasteiger partial charge in [-0.2, -0.15) is 0 Å². The van der Waals surface area contributed by atoms with Crippen molar-refractivity contribution in [2.75, 3.05) is 30.4 Å². The summed E-state index contributed by atoms with van der Waals surface area (Å²) in [5, 5.41) is 12.3. The van der Waals surface area contributed by atoms with Crippen LogP contribution in [-0.2, 0) is 0 Å². The lowest BCUT2D eigenvalue weighted by Gasteiger charge is -2.25. The number of nitrogens with zero attached hydrogens (tertiary/aromatic N) is 2. The first-order valence-electron chi connectivity index (χ1n) is 8.86. The quantitative estimate of drug-likeness (QED) is 0.736. The van der Waals surface area contributed by atoms with Gasteiger partial charge in [0.25, 0.3) is 0 Å². The molecule has 27 heavy (non-hydrogen) atoms. The lowest BCUT2D eigenvalue weighted by molar-refractivity contribution is 0.0695. The Morgan fingerprint density at radius 3 is 2.63 bits per heavy atom. The number of aromatic carboxylic acids is 1. The molecule has 1 atom stereocenters. The Morgan fingerprint density at radius 1 is 1.41 bits per heavy atom. The predicted molar refractivity (Wildman–Crippen MR) is 103 cm³/mol. The molecule has 4 rings (SSSR count). The molecule has 1 aliphatic carbocycles. The van der Waals surface area contributed by atoms with Gasteiger partial charge in [-0.15, -0.1) is 0 Å². The number of halogens is 2.